The average molecular weight is 334 g/mol. The van der Waals surface area contributed by atoms with Gasteiger partial charge in [0.1, 0.15) is 0 Å². The molecular formula is C13H10N4O7. The van der Waals surface area contributed by atoms with E-state index in [1.807, 2.05) is 0 Å². The summed E-state index contributed by atoms with van der Waals surface area (Å²) < 4.78 is 0. The smallest absolute Gasteiger partial charge is 0.306 e. The van der Waals surface area contributed by atoms with Crippen LogP contribution in [0, 0.1) is 30.3 Å². The van der Waals surface area contributed by atoms with Crippen molar-refractivity contribution in [1.82, 2.24) is 0 Å². The molecule has 0 unspecified atom stereocenters. The molecule has 2 aromatic rings. The second kappa shape index (κ2) is 6.66. The number of nitro benzene ring substituents is 3. The average Bonchev–Trinajstić information content (AvgIpc) is 2.54. The molecule has 11 heteroatoms. The minimum absolute atomic E-state index is 0.208. The van der Waals surface area contributed by atoms with Gasteiger partial charge in [0.05, 0.1) is 33.5 Å². The first-order valence-electron chi connectivity index (χ1n) is 6.42. The van der Waals surface area contributed by atoms with Crippen LogP contribution >= 0.6 is 0 Å². The van der Waals surface area contributed by atoms with E-state index in [0.29, 0.717) is 17.7 Å². The van der Waals surface area contributed by atoms with Gasteiger partial charge in [-0.25, -0.2) is 0 Å². The number of anilines is 2. The lowest BCUT2D eigenvalue weighted by Crippen LogP contribution is -2.04. The van der Waals surface area contributed by atoms with Crippen LogP contribution in [0.25, 0.3) is 0 Å². The van der Waals surface area contributed by atoms with Gasteiger partial charge < -0.3 is 10.4 Å². The number of hydrogen-bond acceptors (Lipinski definition) is 8. The number of hydrogen-bond donors (Lipinski definition) is 2. The Morgan fingerprint density at radius 1 is 0.917 bits per heavy atom. The van der Waals surface area contributed by atoms with Crippen molar-refractivity contribution in [3.8, 4) is 0 Å². The number of non-ortho nitro benzene ring substituents is 1. The third-order valence-corrected chi connectivity index (χ3v) is 3.13. The summed E-state index contributed by atoms with van der Waals surface area (Å²) in [6.07, 6.45) is 0. The van der Waals surface area contributed by atoms with Crippen LogP contribution in [0.15, 0.2) is 36.4 Å². The molecule has 0 aliphatic rings. The summed E-state index contributed by atoms with van der Waals surface area (Å²) >= 11 is 0. The molecular weight excluding hydrogens is 324 g/mol. The van der Waals surface area contributed by atoms with Crippen LogP contribution in [0.3, 0.4) is 0 Å². The van der Waals surface area contributed by atoms with Gasteiger partial charge in [0.25, 0.3) is 5.69 Å². The molecule has 0 bridgehead atoms. The van der Waals surface area contributed by atoms with E-state index in [4.69, 9.17) is 0 Å². The van der Waals surface area contributed by atoms with E-state index in [0.717, 1.165) is 0 Å². The summed E-state index contributed by atoms with van der Waals surface area (Å²) in [5.74, 6) is 0. The molecule has 0 radical (unpaired) electrons. The first-order valence-corrected chi connectivity index (χ1v) is 6.42. The third kappa shape index (κ3) is 3.25. The lowest BCUT2D eigenvalue weighted by Gasteiger charge is -2.11. The molecule has 0 saturated heterocycles. The molecule has 124 valence electrons. The Hall–Kier alpha value is -3.60. The molecule has 2 N–H and O–H groups in total. The number of benzene rings is 2. The normalized spacial score (nSPS) is 10.2. The Morgan fingerprint density at radius 3 is 1.92 bits per heavy atom. The molecule has 11 nitrogen and oxygen atoms in total. The number of nitro groups is 3. The Labute approximate surface area is 133 Å². The minimum atomic E-state index is -0.954. The molecule has 0 aromatic heterocycles. The van der Waals surface area contributed by atoms with Gasteiger partial charge in [-0.05, 0) is 6.07 Å². The largest absolute Gasteiger partial charge is 0.392 e. The number of aliphatic hydroxyl groups is 1. The number of rotatable bonds is 6. The lowest BCUT2D eigenvalue weighted by atomic mass is 10.1. The van der Waals surface area contributed by atoms with E-state index in [1.54, 1.807) is 12.1 Å². The number of aliphatic hydroxyl groups excluding tert-OH is 1. The summed E-state index contributed by atoms with van der Waals surface area (Å²) in [6.45, 7) is -0.405. The van der Waals surface area contributed by atoms with E-state index in [-0.39, 0.29) is 5.69 Å². The summed E-state index contributed by atoms with van der Waals surface area (Å²) in [6, 6.07) is 7.42. The first kappa shape index (κ1) is 16.8. The maximum atomic E-state index is 11.2. The third-order valence-electron chi connectivity index (χ3n) is 3.13. The standard InChI is InChI=1S/C13H10N4O7/c18-7-8-3-1-2-4-10(8)14-13-11(16(21)22)5-9(15(19)20)6-12(13)17(23)24/h1-6,14,18H,7H2. The summed E-state index contributed by atoms with van der Waals surface area (Å²) in [4.78, 5) is 30.3. The number of nitrogens with zero attached hydrogens (tertiary/aromatic N) is 3. The van der Waals surface area contributed by atoms with Crippen molar-refractivity contribution in [3.05, 3.63) is 72.3 Å². The van der Waals surface area contributed by atoms with Gasteiger partial charge in [-0.15, -0.1) is 0 Å². The van der Waals surface area contributed by atoms with Crippen molar-refractivity contribution in [2.45, 2.75) is 6.61 Å². The van der Waals surface area contributed by atoms with Gasteiger partial charge in [-0.1, -0.05) is 18.2 Å². The van der Waals surface area contributed by atoms with Crippen LogP contribution in [0.1, 0.15) is 5.56 Å². The van der Waals surface area contributed by atoms with Crippen LogP contribution in [0.4, 0.5) is 28.4 Å². The maximum absolute atomic E-state index is 11.2. The Balaban J connectivity index is 2.69. The van der Waals surface area contributed by atoms with Crippen molar-refractivity contribution < 1.29 is 19.9 Å². The Bertz CT molecular complexity index is 802. The van der Waals surface area contributed by atoms with Crippen LogP contribution in [0.5, 0.6) is 0 Å². The summed E-state index contributed by atoms with van der Waals surface area (Å²) in [5.41, 5.74) is -2.35. The molecule has 0 aliphatic carbocycles. The fourth-order valence-electron chi connectivity index (χ4n) is 2.03. The molecule has 2 aromatic carbocycles. The monoisotopic (exact) mass is 334 g/mol. The molecule has 0 atom stereocenters. The molecule has 2 rings (SSSR count). The maximum Gasteiger partial charge on any atom is 0.306 e. The Morgan fingerprint density at radius 2 is 1.46 bits per heavy atom. The van der Waals surface area contributed by atoms with Gasteiger partial charge in [-0.2, -0.15) is 0 Å². The highest BCUT2D eigenvalue weighted by molar-refractivity contribution is 5.82. The molecule has 0 saturated carbocycles. The van der Waals surface area contributed by atoms with Gasteiger partial charge in [0.2, 0.25) is 0 Å². The van der Waals surface area contributed by atoms with Crippen molar-refractivity contribution >= 4 is 28.4 Å². The fourth-order valence-corrected chi connectivity index (χ4v) is 2.03. The van der Waals surface area contributed by atoms with Gasteiger partial charge in [0, 0.05) is 11.3 Å². The molecule has 0 heterocycles. The van der Waals surface area contributed by atoms with E-state index in [2.05, 4.69) is 5.32 Å². The Kier molecular flexibility index (Phi) is 4.65. The summed E-state index contributed by atoms with van der Waals surface area (Å²) in [7, 11) is 0. The van der Waals surface area contributed by atoms with Crippen LogP contribution in [-0.4, -0.2) is 19.9 Å². The molecule has 0 amide bonds. The quantitative estimate of drug-likeness (QED) is 0.601. The summed E-state index contributed by atoms with van der Waals surface area (Å²) in [5, 5.41) is 45.0. The predicted octanol–water partition coefficient (Wildman–Crippen LogP) is 2.65. The van der Waals surface area contributed by atoms with E-state index < -0.39 is 44.1 Å². The van der Waals surface area contributed by atoms with Crippen LogP contribution in [0.2, 0.25) is 0 Å². The topological polar surface area (TPSA) is 162 Å². The highest BCUT2D eigenvalue weighted by Crippen LogP contribution is 2.40. The lowest BCUT2D eigenvalue weighted by molar-refractivity contribution is -0.401. The number of nitrogens with one attached hydrogen (secondary N) is 1. The predicted molar refractivity (Wildman–Crippen MR) is 82.1 cm³/mol. The zero-order chi connectivity index (χ0) is 17.9. The molecule has 0 fully saturated rings. The SMILES string of the molecule is O=[N+]([O-])c1cc([N+](=O)[O-])c(Nc2ccccc2CO)c([N+](=O)[O-])c1. The van der Waals surface area contributed by atoms with E-state index in [9.17, 15) is 35.4 Å². The fraction of sp³-hybridized carbons (Fsp3) is 0.0769. The van der Waals surface area contributed by atoms with Crippen molar-refractivity contribution in [2.24, 2.45) is 0 Å². The van der Waals surface area contributed by atoms with Crippen LogP contribution in [-0.2, 0) is 6.61 Å². The molecule has 0 aliphatic heterocycles. The number of para-hydroxylation sites is 1. The zero-order valence-corrected chi connectivity index (χ0v) is 11.9. The van der Waals surface area contributed by atoms with Crippen LogP contribution < -0.4 is 5.32 Å². The minimum Gasteiger partial charge on any atom is -0.392 e. The molecule has 0 spiro atoms. The first-order chi connectivity index (χ1) is 11.3. The second-order valence-electron chi connectivity index (χ2n) is 4.57. The van der Waals surface area contributed by atoms with Gasteiger partial charge in [0.15, 0.2) is 5.69 Å². The van der Waals surface area contributed by atoms with E-state index >= 15 is 0 Å². The van der Waals surface area contributed by atoms with Crippen molar-refractivity contribution in [2.75, 3.05) is 5.32 Å². The molecule has 24 heavy (non-hydrogen) atoms. The van der Waals surface area contributed by atoms with E-state index in [1.165, 1.54) is 12.1 Å². The van der Waals surface area contributed by atoms with Crippen molar-refractivity contribution in [3.63, 3.8) is 0 Å². The van der Waals surface area contributed by atoms with Gasteiger partial charge >= 0.3 is 11.4 Å². The van der Waals surface area contributed by atoms with Crippen molar-refractivity contribution in [1.29, 1.82) is 0 Å². The van der Waals surface area contributed by atoms with Gasteiger partial charge in [-0.3, -0.25) is 30.3 Å². The highest BCUT2D eigenvalue weighted by atomic mass is 16.6. The second-order valence-corrected chi connectivity index (χ2v) is 4.57. The zero-order valence-electron chi connectivity index (χ0n) is 11.9. The highest BCUT2D eigenvalue weighted by Gasteiger charge is 2.31.